The van der Waals surface area contributed by atoms with Crippen molar-refractivity contribution in [2.75, 3.05) is 5.32 Å². The average Bonchev–Trinajstić information content (AvgIpc) is 2.46. The molecule has 2 atom stereocenters. The lowest BCUT2D eigenvalue weighted by Gasteiger charge is -2.51. The maximum atomic E-state index is 12.3. The van der Waals surface area contributed by atoms with Crippen molar-refractivity contribution in [1.29, 1.82) is 0 Å². The first-order valence-corrected chi connectivity index (χ1v) is 9.12. The number of anilines is 1. The second-order valence-corrected chi connectivity index (χ2v) is 8.31. The predicted octanol–water partition coefficient (Wildman–Crippen LogP) is 4.07. The van der Waals surface area contributed by atoms with Crippen LogP contribution in [-0.2, 0) is 9.59 Å². The molecular formula is C20H28N2O2S. The van der Waals surface area contributed by atoms with Crippen molar-refractivity contribution in [1.82, 2.24) is 5.32 Å². The molecule has 2 N–H and O–H groups in total. The van der Waals surface area contributed by atoms with Gasteiger partial charge in [0, 0.05) is 18.0 Å². The molecule has 0 aromatic heterocycles. The highest BCUT2D eigenvalue weighted by Crippen LogP contribution is 2.53. The number of Topliss-reactive ketones (excluding diaryl/α,β-unsaturated/α-hetero) is 1. The van der Waals surface area contributed by atoms with E-state index in [1.54, 1.807) is 6.92 Å². The molecular weight excluding hydrogens is 332 g/mol. The number of thiocarbonyl (C=S) groups is 1. The van der Waals surface area contributed by atoms with E-state index in [0.29, 0.717) is 11.5 Å². The Morgan fingerprint density at radius 3 is 2.24 bits per heavy atom. The second kappa shape index (κ2) is 7.24. The summed E-state index contributed by atoms with van der Waals surface area (Å²) in [6.45, 7) is 11.9. The molecule has 2 rings (SSSR count). The smallest absolute Gasteiger partial charge is 0.226 e. The van der Waals surface area contributed by atoms with Gasteiger partial charge in [0.15, 0.2) is 5.11 Å². The SMILES string of the molecule is CC(=O)[C@H]1C[C@H](CC(=O)NC(=S)Nc2c(C)cc(C)cc2C)C1(C)C. The Morgan fingerprint density at radius 2 is 1.76 bits per heavy atom. The Hall–Kier alpha value is -1.75. The van der Waals surface area contributed by atoms with Crippen LogP contribution in [0.1, 0.15) is 50.3 Å². The highest BCUT2D eigenvalue weighted by Gasteiger charge is 2.50. The molecule has 0 heterocycles. The number of hydrogen-bond donors (Lipinski definition) is 2. The average molecular weight is 361 g/mol. The molecule has 1 saturated carbocycles. The molecule has 0 aliphatic heterocycles. The van der Waals surface area contributed by atoms with Crippen molar-refractivity contribution < 1.29 is 9.59 Å². The molecule has 0 unspecified atom stereocenters. The molecule has 0 radical (unpaired) electrons. The summed E-state index contributed by atoms with van der Waals surface area (Å²) in [5.74, 6) is 0.393. The van der Waals surface area contributed by atoms with Crippen LogP contribution in [0.2, 0.25) is 0 Å². The third-order valence-electron chi connectivity index (χ3n) is 5.56. The number of aryl methyl sites for hydroxylation is 3. The Balaban J connectivity index is 1.92. The first-order chi connectivity index (χ1) is 11.5. The standard InChI is InChI=1S/C20H28N2O2S/c1-11-7-12(2)18(13(3)8-11)22-19(25)21-17(24)10-15-9-16(14(4)23)20(15,5)6/h7-8,15-16H,9-10H2,1-6H3,(H2,21,22,24,25)/t15-,16-/m1/s1. The van der Waals surface area contributed by atoms with Crippen LogP contribution in [0.15, 0.2) is 12.1 Å². The first-order valence-electron chi connectivity index (χ1n) is 8.71. The lowest BCUT2D eigenvalue weighted by atomic mass is 9.52. The zero-order chi connectivity index (χ0) is 18.9. The molecule has 1 aromatic carbocycles. The zero-order valence-electron chi connectivity index (χ0n) is 15.9. The fraction of sp³-hybridized carbons (Fsp3) is 0.550. The summed E-state index contributed by atoms with van der Waals surface area (Å²) >= 11 is 5.30. The minimum atomic E-state index is -0.123. The van der Waals surface area contributed by atoms with E-state index in [2.05, 4.69) is 43.5 Å². The van der Waals surface area contributed by atoms with Gasteiger partial charge in [-0.1, -0.05) is 31.5 Å². The van der Waals surface area contributed by atoms with Gasteiger partial charge < -0.3 is 10.6 Å². The van der Waals surface area contributed by atoms with Crippen molar-refractivity contribution in [3.63, 3.8) is 0 Å². The molecule has 25 heavy (non-hydrogen) atoms. The van der Waals surface area contributed by atoms with E-state index in [1.807, 2.05) is 13.8 Å². The minimum Gasteiger partial charge on any atom is -0.332 e. The van der Waals surface area contributed by atoms with E-state index in [0.717, 1.165) is 23.2 Å². The Morgan fingerprint density at radius 1 is 1.20 bits per heavy atom. The topological polar surface area (TPSA) is 58.2 Å². The molecule has 1 aromatic rings. The van der Waals surface area contributed by atoms with Crippen LogP contribution >= 0.6 is 12.2 Å². The van der Waals surface area contributed by atoms with Crippen molar-refractivity contribution in [2.24, 2.45) is 17.3 Å². The van der Waals surface area contributed by atoms with E-state index in [-0.39, 0.29) is 28.9 Å². The number of ketones is 1. The van der Waals surface area contributed by atoms with Gasteiger partial charge in [0.05, 0.1) is 0 Å². The van der Waals surface area contributed by atoms with Gasteiger partial charge in [-0.2, -0.15) is 0 Å². The van der Waals surface area contributed by atoms with Crippen LogP contribution in [-0.4, -0.2) is 16.8 Å². The van der Waals surface area contributed by atoms with E-state index >= 15 is 0 Å². The number of benzene rings is 1. The van der Waals surface area contributed by atoms with Gasteiger partial charge in [0.25, 0.3) is 0 Å². The van der Waals surface area contributed by atoms with Crippen molar-refractivity contribution in [2.45, 2.75) is 54.4 Å². The van der Waals surface area contributed by atoms with Gasteiger partial charge in [0.1, 0.15) is 5.78 Å². The summed E-state index contributed by atoms with van der Waals surface area (Å²) in [6, 6.07) is 4.16. The minimum absolute atomic E-state index is 0.0632. The molecule has 0 spiro atoms. The molecule has 1 fully saturated rings. The number of rotatable bonds is 4. The first kappa shape index (κ1) is 19.6. The largest absolute Gasteiger partial charge is 0.332 e. The van der Waals surface area contributed by atoms with Crippen molar-refractivity contribution in [3.05, 3.63) is 28.8 Å². The van der Waals surface area contributed by atoms with E-state index in [1.165, 1.54) is 5.56 Å². The highest BCUT2D eigenvalue weighted by atomic mass is 32.1. The Labute approximate surface area is 155 Å². The lowest BCUT2D eigenvalue weighted by molar-refractivity contribution is -0.140. The van der Waals surface area contributed by atoms with Gasteiger partial charge in [-0.3, -0.25) is 9.59 Å². The van der Waals surface area contributed by atoms with E-state index in [9.17, 15) is 9.59 Å². The quantitative estimate of drug-likeness (QED) is 0.795. The summed E-state index contributed by atoms with van der Waals surface area (Å²) in [5, 5.41) is 6.23. The summed E-state index contributed by atoms with van der Waals surface area (Å²) in [4.78, 5) is 23.9. The fourth-order valence-electron chi connectivity index (χ4n) is 3.98. The Bertz CT molecular complexity index is 701. The number of hydrogen-bond acceptors (Lipinski definition) is 3. The van der Waals surface area contributed by atoms with Crippen molar-refractivity contribution >= 4 is 34.7 Å². The maximum Gasteiger partial charge on any atom is 0.226 e. The summed E-state index contributed by atoms with van der Waals surface area (Å²) in [5.41, 5.74) is 4.21. The summed E-state index contributed by atoms with van der Waals surface area (Å²) in [7, 11) is 0. The fourth-order valence-corrected chi connectivity index (χ4v) is 4.19. The second-order valence-electron chi connectivity index (χ2n) is 7.90. The number of carbonyl (C=O) groups excluding carboxylic acids is 2. The molecule has 136 valence electrons. The molecule has 1 aliphatic rings. The van der Waals surface area contributed by atoms with Gasteiger partial charge in [-0.15, -0.1) is 0 Å². The van der Waals surface area contributed by atoms with E-state index < -0.39 is 0 Å². The third kappa shape index (κ3) is 4.27. The zero-order valence-corrected chi connectivity index (χ0v) is 16.8. The lowest BCUT2D eigenvalue weighted by Crippen LogP contribution is -2.50. The highest BCUT2D eigenvalue weighted by molar-refractivity contribution is 7.80. The van der Waals surface area contributed by atoms with Gasteiger partial charge >= 0.3 is 0 Å². The normalized spacial score (nSPS) is 21.2. The molecule has 1 aliphatic carbocycles. The van der Waals surface area contributed by atoms with Crippen LogP contribution in [0.4, 0.5) is 5.69 Å². The van der Waals surface area contributed by atoms with Crippen LogP contribution in [0.3, 0.4) is 0 Å². The monoisotopic (exact) mass is 360 g/mol. The summed E-state index contributed by atoms with van der Waals surface area (Å²) < 4.78 is 0. The van der Waals surface area contributed by atoms with Gasteiger partial charge in [-0.05, 0) is 68.8 Å². The molecule has 0 saturated heterocycles. The molecule has 1 amide bonds. The summed E-state index contributed by atoms with van der Waals surface area (Å²) in [6.07, 6.45) is 1.18. The van der Waals surface area contributed by atoms with Crippen molar-refractivity contribution in [3.8, 4) is 0 Å². The predicted molar refractivity (Wildman–Crippen MR) is 106 cm³/mol. The molecule has 5 heteroatoms. The molecule has 4 nitrogen and oxygen atoms in total. The third-order valence-corrected chi connectivity index (χ3v) is 5.77. The maximum absolute atomic E-state index is 12.3. The number of carbonyl (C=O) groups is 2. The van der Waals surface area contributed by atoms with E-state index in [4.69, 9.17) is 12.2 Å². The van der Waals surface area contributed by atoms with Gasteiger partial charge in [0.2, 0.25) is 5.91 Å². The molecule has 0 bridgehead atoms. The van der Waals surface area contributed by atoms with Crippen LogP contribution < -0.4 is 10.6 Å². The van der Waals surface area contributed by atoms with Gasteiger partial charge in [-0.25, -0.2) is 0 Å². The van der Waals surface area contributed by atoms with Crippen LogP contribution in [0.5, 0.6) is 0 Å². The Kier molecular flexibility index (Phi) is 5.67. The van der Waals surface area contributed by atoms with Crippen LogP contribution in [0, 0.1) is 38.0 Å². The van der Waals surface area contributed by atoms with Crippen LogP contribution in [0.25, 0.3) is 0 Å². The number of amides is 1. The number of nitrogens with one attached hydrogen (secondary N) is 2.